The van der Waals surface area contributed by atoms with E-state index in [9.17, 15) is 0 Å². The Bertz CT molecular complexity index is 492. The molecule has 1 atom stereocenters. The summed E-state index contributed by atoms with van der Waals surface area (Å²) >= 11 is 0. The van der Waals surface area contributed by atoms with Gasteiger partial charge in [-0.3, -0.25) is 0 Å². The van der Waals surface area contributed by atoms with E-state index in [0.29, 0.717) is 0 Å². The standard InChI is InChI=1S/C16H20N2O/c1-17-14-8-4-6-12(10-14)16(18-2)13-7-5-9-15(11-13)19-3/h4-11,16-18H,1-3H3. The predicted molar refractivity (Wildman–Crippen MR) is 79.9 cm³/mol. The first kappa shape index (κ1) is 13.4. The molecule has 0 bridgehead atoms. The van der Waals surface area contributed by atoms with Crippen LogP contribution in [0.15, 0.2) is 48.5 Å². The van der Waals surface area contributed by atoms with Crippen LogP contribution in [0.1, 0.15) is 17.2 Å². The smallest absolute Gasteiger partial charge is 0.119 e. The molecule has 0 aliphatic heterocycles. The van der Waals surface area contributed by atoms with Gasteiger partial charge in [-0.15, -0.1) is 0 Å². The van der Waals surface area contributed by atoms with Crippen molar-refractivity contribution in [1.82, 2.24) is 5.32 Å². The zero-order valence-electron chi connectivity index (χ0n) is 11.6. The van der Waals surface area contributed by atoms with Crippen molar-refractivity contribution in [2.45, 2.75) is 6.04 Å². The lowest BCUT2D eigenvalue weighted by atomic mass is 9.98. The van der Waals surface area contributed by atoms with E-state index in [0.717, 1.165) is 11.4 Å². The number of anilines is 1. The number of hydrogen-bond acceptors (Lipinski definition) is 3. The van der Waals surface area contributed by atoms with Crippen LogP contribution in [0.25, 0.3) is 0 Å². The van der Waals surface area contributed by atoms with Gasteiger partial charge in [0, 0.05) is 12.7 Å². The Morgan fingerprint density at radius 1 is 0.947 bits per heavy atom. The maximum absolute atomic E-state index is 5.29. The summed E-state index contributed by atoms with van der Waals surface area (Å²) in [6.07, 6.45) is 0. The summed E-state index contributed by atoms with van der Waals surface area (Å²) < 4.78 is 5.29. The molecule has 0 amide bonds. The summed E-state index contributed by atoms with van der Waals surface area (Å²) in [6, 6.07) is 16.7. The van der Waals surface area contributed by atoms with E-state index in [1.165, 1.54) is 11.1 Å². The van der Waals surface area contributed by atoms with Gasteiger partial charge in [0.25, 0.3) is 0 Å². The second-order valence-corrected chi connectivity index (χ2v) is 4.37. The fourth-order valence-corrected chi connectivity index (χ4v) is 2.22. The Balaban J connectivity index is 2.37. The van der Waals surface area contributed by atoms with Crippen LogP contribution in [0.2, 0.25) is 0 Å². The number of ether oxygens (including phenoxy) is 1. The average molecular weight is 256 g/mol. The van der Waals surface area contributed by atoms with E-state index < -0.39 is 0 Å². The Morgan fingerprint density at radius 2 is 1.63 bits per heavy atom. The summed E-state index contributed by atoms with van der Waals surface area (Å²) in [5.74, 6) is 0.877. The Hall–Kier alpha value is -2.00. The predicted octanol–water partition coefficient (Wildman–Crippen LogP) is 3.05. The molecule has 2 N–H and O–H groups in total. The van der Waals surface area contributed by atoms with Crippen LogP contribution in [-0.2, 0) is 0 Å². The van der Waals surface area contributed by atoms with E-state index in [-0.39, 0.29) is 6.04 Å². The Morgan fingerprint density at radius 3 is 2.26 bits per heavy atom. The van der Waals surface area contributed by atoms with Gasteiger partial charge in [0.2, 0.25) is 0 Å². The number of benzene rings is 2. The summed E-state index contributed by atoms with van der Waals surface area (Å²) in [4.78, 5) is 0. The Labute approximate surface area is 114 Å². The number of methoxy groups -OCH3 is 1. The molecule has 100 valence electrons. The maximum atomic E-state index is 5.29. The molecule has 0 aliphatic rings. The third-order valence-electron chi connectivity index (χ3n) is 3.22. The quantitative estimate of drug-likeness (QED) is 0.862. The molecule has 19 heavy (non-hydrogen) atoms. The summed E-state index contributed by atoms with van der Waals surface area (Å²) in [6.45, 7) is 0. The molecule has 0 aromatic heterocycles. The van der Waals surface area contributed by atoms with Gasteiger partial charge in [0.05, 0.1) is 13.2 Å². The van der Waals surface area contributed by atoms with E-state index in [1.54, 1.807) is 7.11 Å². The zero-order chi connectivity index (χ0) is 13.7. The van der Waals surface area contributed by atoms with Gasteiger partial charge in [-0.25, -0.2) is 0 Å². The van der Waals surface area contributed by atoms with Crippen LogP contribution in [0.5, 0.6) is 5.75 Å². The molecule has 0 aliphatic carbocycles. The van der Waals surface area contributed by atoms with Crippen LogP contribution >= 0.6 is 0 Å². The fourth-order valence-electron chi connectivity index (χ4n) is 2.22. The second kappa shape index (κ2) is 6.25. The van der Waals surface area contributed by atoms with Crippen molar-refractivity contribution in [1.29, 1.82) is 0 Å². The third kappa shape index (κ3) is 3.06. The average Bonchev–Trinajstić information content (AvgIpc) is 2.48. The van der Waals surface area contributed by atoms with E-state index >= 15 is 0 Å². The van der Waals surface area contributed by atoms with Gasteiger partial charge in [0.15, 0.2) is 0 Å². The minimum atomic E-state index is 0.156. The molecule has 3 heteroatoms. The molecular formula is C16H20N2O. The van der Waals surface area contributed by atoms with Crippen molar-refractivity contribution in [2.75, 3.05) is 26.5 Å². The van der Waals surface area contributed by atoms with Crippen LogP contribution in [-0.4, -0.2) is 21.2 Å². The van der Waals surface area contributed by atoms with Gasteiger partial charge in [-0.1, -0.05) is 24.3 Å². The highest BCUT2D eigenvalue weighted by Gasteiger charge is 2.12. The lowest BCUT2D eigenvalue weighted by Gasteiger charge is -2.18. The molecule has 0 spiro atoms. The molecule has 3 nitrogen and oxygen atoms in total. The van der Waals surface area contributed by atoms with Crippen molar-refractivity contribution in [3.8, 4) is 5.75 Å². The molecule has 1 unspecified atom stereocenters. The summed E-state index contributed by atoms with van der Waals surface area (Å²) in [7, 11) is 5.59. The molecule has 2 aromatic carbocycles. The summed E-state index contributed by atoms with van der Waals surface area (Å²) in [5, 5.41) is 6.52. The highest BCUT2D eigenvalue weighted by molar-refractivity contribution is 5.48. The molecule has 0 heterocycles. The first-order chi connectivity index (χ1) is 9.28. The normalized spacial score (nSPS) is 11.9. The van der Waals surface area contributed by atoms with Crippen LogP contribution in [0.4, 0.5) is 5.69 Å². The van der Waals surface area contributed by atoms with Crippen LogP contribution in [0, 0.1) is 0 Å². The lowest BCUT2D eigenvalue weighted by Crippen LogP contribution is -2.17. The van der Waals surface area contributed by atoms with Gasteiger partial charge < -0.3 is 15.4 Å². The molecule has 0 saturated heterocycles. The minimum absolute atomic E-state index is 0.156. The maximum Gasteiger partial charge on any atom is 0.119 e. The molecule has 0 radical (unpaired) electrons. The third-order valence-corrected chi connectivity index (χ3v) is 3.22. The highest BCUT2D eigenvalue weighted by Crippen LogP contribution is 2.26. The van der Waals surface area contributed by atoms with Crippen molar-refractivity contribution < 1.29 is 4.74 Å². The van der Waals surface area contributed by atoms with Crippen molar-refractivity contribution in [3.63, 3.8) is 0 Å². The number of hydrogen-bond donors (Lipinski definition) is 2. The minimum Gasteiger partial charge on any atom is -0.497 e. The van der Waals surface area contributed by atoms with Gasteiger partial charge in [-0.2, -0.15) is 0 Å². The monoisotopic (exact) mass is 256 g/mol. The Kier molecular flexibility index (Phi) is 4.42. The van der Waals surface area contributed by atoms with Crippen molar-refractivity contribution in [2.24, 2.45) is 0 Å². The molecule has 0 saturated carbocycles. The fraction of sp³-hybridized carbons (Fsp3) is 0.250. The molecule has 0 fully saturated rings. The molecular weight excluding hydrogens is 236 g/mol. The summed E-state index contributed by atoms with van der Waals surface area (Å²) in [5.41, 5.74) is 3.53. The van der Waals surface area contributed by atoms with Crippen molar-refractivity contribution in [3.05, 3.63) is 59.7 Å². The lowest BCUT2D eigenvalue weighted by molar-refractivity contribution is 0.414. The second-order valence-electron chi connectivity index (χ2n) is 4.37. The molecule has 2 aromatic rings. The first-order valence-electron chi connectivity index (χ1n) is 6.37. The largest absolute Gasteiger partial charge is 0.497 e. The van der Waals surface area contributed by atoms with E-state index in [2.05, 4.69) is 47.0 Å². The van der Waals surface area contributed by atoms with Crippen LogP contribution < -0.4 is 15.4 Å². The molecule has 2 rings (SSSR count). The van der Waals surface area contributed by atoms with Crippen molar-refractivity contribution >= 4 is 5.69 Å². The van der Waals surface area contributed by atoms with E-state index in [1.807, 2.05) is 26.2 Å². The van der Waals surface area contributed by atoms with Gasteiger partial charge in [0.1, 0.15) is 5.75 Å². The van der Waals surface area contributed by atoms with E-state index in [4.69, 9.17) is 4.74 Å². The number of rotatable bonds is 5. The SMILES string of the molecule is CNc1cccc(C(NC)c2cccc(OC)c2)c1. The highest BCUT2D eigenvalue weighted by atomic mass is 16.5. The number of nitrogens with one attached hydrogen (secondary N) is 2. The van der Waals surface area contributed by atoms with Crippen LogP contribution in [0.3, 0.4) is 0 Å². The zero-order valence-corrected chi connectivity index (χ0v) is 11.6. The topological polar surface area (TPSA) is 33.3 Å². The van der Waals surface area contributed by atoms with Gasteiger partial charge in [-0.05, 0) is 42.4 Å². The van der Waals surface area contributed by atoms with Gasteiger partial charge >= 0.3 is 0 Å². The first-order valence-corrected chi connectivity index (χ1v) is 6.37.